The highest BCUT2D eigenvalue weighted by atomic mass is 79.9. The fraction of sp³-hybridized carbons (Fsp3) is 0.462. The molecule has 0 radical (unpaired) electrons. The molecule has 2 rings (SSSR count). The van der Waals surface area contributed by atoms with E-state index in [1.807, 2.05) is 19.2 Å². The zero-order chi connectivity index (χ0) is 12.3. The molecule has 0 heterocycles. The third-order valence-corrected chi connectivity index (χ3v) is 3.66. The van der Waals surface area contributed by atoms with Gasteiger partial charge in [-0.05, 0) is 37.6 Å². The second kappa shape index (κ2) is 6.55. The Kier molecular flexibility index (Phi) is 5.63. The molecular formula is C13H18BrClN2O. The lowest BCUT2D eigenvalue weighted by atomic mass is 10.0. The third-order valence-electron chi connectivity index (χ3n) is 3.13. The van der Waals surface area contributed by atoms with Crippen LogP contribution < -0.4 is 10.6 Å². The van der Waals surface area contributed by atoms with Crippen LogP contribution in [0.4, 0.5) is 0 Å². The van der Waals surface area contributed by atoms with Gasteiger partial charge in [0.1, 0.15) is 0 Å². The molecular weight excluding hydrogens is 316 g/mol. The fourth-order valence-electron chi connectivity index (χ4n) is 1.95. The summed E-state index contributed by atoms with van der Waals surface area (Å²) in [6.45, 7) is 0.724. The van der Waals surface area contributed by atoms with Crippen molar-refractivity contribution in [3.63, 3.8) is 0 Å². The van der Waals surface area contributed by atoms with Gasteiger partial charge in [0.2, 0.25) is 5.91 Å². The van der Waals surface area contributed by atoms with Gasteiger partial charge in [-0.25, -0.2) is 0 Å². The lowest BCUT2D eigenvalue weighted by Crippen LogP contribution is -2.36. The largest absolute Gasteiger partial charge is 0.347 e. The number of nitrogens with one attached hydrogen (secondary N) is 2. The first-order chi connectivity index (χ1) is 8.16. The monoisotopic (exact) mass is 332 g/mol. The summed E-state index contributed by atoms with van der Waals surface area (Å²) < 4.78 is 1.07. The molecule has 1 fully saturated rings. The number of hydrogen-bond acceptors (Lipinski definition) is 2. The first kappa shape index (κ1) is 15.5. The maximum absolute atomic E-state index is 11.7. The molecule has 1 aliphatic rings. The Labute approximate surface area is 122 Å². The minimum absolute atomic E-state index is 0. The topological polar surface area (TPSA) is 41.1 Å². The van der Waals surface area contributed by atoms with Crippen LogP contribution in [0.25, 0.3) is 0 Å². The highest BCUT2D eigenvalue weighted by Crippen LogP contribution is 2.45. The van der Waals surface area contributed by atoms with Crippen LogP contribution in [0.3, 0.4) is 0 Å². The van der Waals surface area contributed by atoms with E-state index in [1.165, 1.54) is 5.56 Å². The van der Waals surface area contributed by atoms with E-state index in [9.17, 15) is 4.79 Å². The number of carbonyl (C=O) groups is 1. The zero-order valence-electron chi connectivity index (χ0n) is 10.3. The second-order valence-corrected chi connectivity index (χ2v) is 5.41. The third kappa shape index (κ3) is 3.70. The second-order valence-electron chi connectivity index (χ2n) is 4.49. The smallest absolute Gasteiger partial charge is 0.221 e. The van der Waals surface area contributed by atoms with Gasteiger partial charge >= 0.3 is 0 Å². The summed E-state index contributed by atoms with van der Waals surface area (Å²) in [7, 11) is 1.86. The molecule has 1 amide bonds. The van der Waals surface area contributed by atoms with Gasteiger partial charge < -0.3 is 10.6 Å². The molecule has 0 aliphatic heterocycles. The van der Waals surface area contributed by atoms with E-state index in [-0.39, 0.29) is 23.9 Å². The molecule has 18 heavy (non-hydrogen) atoms. The Morgan fingerprint density at radius 1 is 1.33 bits per heavy atom. The Morgan fingerprint density at radius 2 is 1.94 bits per heavy atom. The molecule has 0 spiro atoms. The summed E-state index contributed by atoms with van der Waals surface area (Å²) >= 11 is 3.42. The molecule has 0 aromatic heterocycles. The van der Waals surface area contributed by atoms with Gasteiger partial charge in [-0.15, -0.1) is 12.4 Å². The molecule has 0 atom stereocenters. The molecule has 100 valence electrons. The standard InChI is InChI=1S/C13H17BrN2O.ClH/c1-15-9-6-12(17)16-13(7-8-13)10-2-4-11(14)5-3-10;/h2-5,15H,6-9H2,1H3,(H,16,17);1H. The summed E-state index contributed by atoms with van der Waals surface area (Å²) in [5.74, 6) is 0.125. The van der Waals surface area contributed by atoms with Crippen LogP contribution >= 0.6 is 28.3 Å². The van der Waals surface area contributed by atoms with E-state index >= 15 is 0 Å². The molecule has 1 aliphatic carbocycles. The lowest BCUT2D eigenvalue weighted by Gasteiger charge is -2.18. The quantitative estimate of drug-likeness (QED) is 0.869. The Morgan fingerprint density at radius 3 is 2.44 bits per heavy atom. The van der Waals surface area contributed by atoms with E-state index in [0.29, 0.717) is 6.42 Å². The van der Waals surface area contributed by atoms with Crippen LogP contribution in [0.5, 0.6) is 0 Å². The molecule has 1 aromatic carbocycles. The number of amides is 1. The van der Waals surface area contributed by atoms with Crippen LogP contribution in [0.15, 0.2) is 28.7 Å². The summed E-state index contributed by atoms with van der Waals surface area (Å²) in [4.78, 5) is 11.7. The van der Waals surface area contributed by atoms with Crippen molar-refractivity contribution in [2.45, 2.75) is 24.8 Å². The first-order valence-corrected chi connectivity index (χ1v) is 6.67. The summed E-state index contributed by atoms with van der Waals surface area (Å²) in [5.41, 5.74) is 1.12. The average molecular weight is 334 g/mol. The minimum Gasteiger partial charge on any atom is -0.347 e. The summed E-state index contributed by atoms with van der Waals surface area (Å²) in [6, 6.07) is 8.20. The van der Waals surface area contributed by atoms with Gasteiger partial charge in [-0.1, -0.05) is 28.1 Å². The molecule has 2 N–H and O–H groups in total. The number of hydrogen-bond donors (Lipinski definition) is 2. The molecule has 0 saturated heterocycles. The Hall–Kier alpha value is -0.580. The van der Waals surface area contributed by atoms with Crippen molar-refractivity contribution < 1.29 is 4.79 Å². The van der Waals surface area contributed by atoms with Crippen molar-refractivity contribution in [1.82, 2.24) is 10.6 Å². The van der Waals surface area contributed by atoms with Crippen LogP contribution in [0.1, 0.15) is 24.8 Å². The first-order valence-electron chi connectivity index (χ1n) is 5.88. The van der Waals surface area contributed by atoms with E-state index < -0.39 is 0 Å². The van der Waals surface area contributed by atoms with Crippen molar-refractivity contribution >= 4 is 34.2 Å². The van der Waals surface area contributed by atoms with Gasteiger partial charge in [0.15, 0.2) is 0 Å². The van der Waals surface area contributed by atoms with Crippen LogP contribution in [0, 0.1) is 0 Å². The number of carbonyl (C=O) groups excluding carboxylic acids is 1. The van der Waals surface area contributed by atoms with E-state index in [1.54, 1.807) is 0 Å². The van der Waals surface area contributed by atoms with Crippen molar-refractivity contribution in [1.29, 1.82) is 0 Å². The molecule has 3 nitrogen and oxygen atoms in total. The summed E-state index contributed by atoms with van der Waals surface area (Å²) in [5, 5.41) is 6.13. The van der Waals surface area contributed by atoms with Crippen LogP contribution in [-0.2, 0) is 10.3 Å². The van der Waals surface area contributed by atoms with Crippen LogP contribution in [0.2, 0.25) is 0 Å². The van der Waals surface area contributed by atoms with Crippen LogP contribution in [-0.4, -0.2) is 19.5 Å². The maximum atomic E-state index is 11.7. The number of rotatable bonds is 5. The van der Waals surface area contributed by atoms with Crippen molar-refractivity contribution in [2.75, 3.05) is 13.6 Å². The predicted molar refractivity (Wildman–Crippen MR) is 79.0 cm³/mol. The van der Waals surface area contributed by atoms with Crippen molar-refractivity contribution in [3.05, 3.63) is 34.3 Å². The highest BCUT2D eigenvalue weighted by molar-refractivity contribution is 9.10. The summed E-state index contributed by atoms with van der Waals surface area (Å²) in [6.07, 6.45) is 2.62. The molecule has 0 unspecified atom stereocenters. The lowest BCUT2D eigenvalue weighted by molar-refractivity contribution is -0.122. The number of halogens is 2. The van der Waals surface area contributed by atoms with E-state index in [0.717, 1.165) is 23.9 Å². The minimum atomic E-state index is -0.0917. The zero-order valence-corrected chi connectivity index (χ0v) is 12.7. The normalized spacial score (nSPS) is 15.7. The SMILES string of the molecule is CNCCC(=O)NC1(c2ccc(Br)cc2)CC1.Cl. The number of benzene rings is 1. The van der Waals surface area contributed by atoms with Gasteiger partial charge in [0.05, 0.1) is 5.54 Å². The van der Waals surface area contributed by atoms with E-state index in [2.05, 4.69) is 38.7 Å². The average Bonchev–Trinajstić information content (AvgIpc) is 3.08. The molecule has 5 heteroatoms. The van der Waals surface area contributed by atoms with Crippen molar-refractivity contribution in [3.8, 4) is 0 Å². The fourth-order valence-corrected chi connectivity index (χ4v) is 2.21. The van der Waals surface area contributed by atoms with Gasteiger partial charge in [-0.2, -0.15) is 0 Å². The predicted octanol–water partition coefficient (Wildman–Crippen LogP) is 2.59. The highest BCUT2D eigenvalue weighted by Gasteiger charge is 2.45. The Balaban J connectivity index is 0.00000162. The molecule has 1 aromatic rings. The van der Waals surface area contributed by atoms with Gasteiger partial charge in [0, 0.05) is 17.4 Å². The van der Waals surface area contributed by atoms with Crippen molar-refractivity contribution in [2.24, 2.45) is 0 Å². The molecule has 1 saturated carbocycles. The molecule has 0 bridgehead atoms. The van der Waals surface area contributed by atoms with Gasteiger partial charge in [0.25, 0.3) is 0 Å². The van der Waals surface area contributed by atoms with Gasteiger partial charge in [-0.3, -0.25) is 4.79 Å². The Bertz CT molecular complexity index is 404. The van der Waals surface area contributed by atoms with E-state index in [4.69, 9.17) is 0 Å². The maximum Gasteiger partial charge on any atom is 0.221 e.